The zero-order chi connectivity index (χ0) is 29.4. The normalized spacial score (nSPS) is 21.0. The summed E-state index contributed by atoms with van der Waals surface area (Å²) in [7, 11) is 3.53. The smallest absolute Gasteiger partial charge is 0.263 e. The lowest BCUT2D eigenvalue weighted by Crippen LogP contribution is -2.52. The minimum Gasteiger partial charge on any atom is -0.356 e. The van der Waals surface area contributed by atoms with E-state index in [1.807, 2.05) is 23.1 Å². The molecular formula is C33H35N5O3S. The number of carbonyl (C=O) groups is 3. The molecular weight excluding hydrogens is 546 g/mol. The Labute approximate surface area is 250 Å². The molecule has 0 spiro atoms. The van der Waals surface area contributed by atoms with Gasteiger partial charge in [-0.05, 0) is 74.2 Å². The number of nitrogens with zero attached hydrogens (tertiary/aromatic N) is 4. The van der Waals surface area contributed by atoms with E-state index in [1.54, 1.807) is 61.6 Å². The van der Waals surface area contributed by atoms with Crippen LogP contribution in [-0.4, -0.2) is 71.8 Å². The topological polar surface area (TPSA) is 85.8 Å². The summed E-state index contributed by atoms with van der Waals surface area (Å²) in [5.74, 6) is 0.374. The molecule has 2 atom stereocenters. The van der Waals surface area contributed by atoms with Gasteiger partial charge in [0.15, 0.2) is 0 Å². The summed E-state index contributed by atoms with van der Waals surface area (Å²) in [4.78, 5) is 52.0. The Bertz CT molecular complexity index is 1590. The van der Waals surface area contributed by atoms with E-state index >= 15 is 0 Å². The predicted molar refractivity (Wildman–Crippen MR) is 167 cm³/mol. The van der Waals surface area contributed by atoms with Crippen LogP contribution in [-0.2, 0) is 6.42 Å². The van der Waals surface area contributed by atoms with Crippen LogP contribution in [0, 0.1) is 0 Å². The number of pyridine rings is 1. The second-order valence-corrected chi connectivity index (χ2v) is 12.5. The Kier molecular flexibility index (Phi) is 7.45. The molecule has 3 amide bonds. The molecule has 1 N–H and O–H groups in total. The summed E-state index contributed by atoms with van der Waals surface area (Å²) in [5.41, 5.74) is 2.26. The van der Waals surface area contributed by atoms with E-state index in [2.05, 4.69) is 34.3 Å². The number of anilines is 2. The van der Waals surface area contributed by atoms with Gasteiger partial charge in [0.1, 0.15) is 5.82 Å². The van der Waals surface area contributed by atoms with Gasteiger partial charge in [-0.3, -0.25) is 14.4 Å². The van der Waals surface area contributed by atoms with Crippen molar-refractivity contribution >= 4 is 40.6 Å². The lowest BCUT2D eigenvalue weighted by atomic mass is 9.79. The number of allylic oxidation sites excluding steroid dienone is 2. The zero-order valence-corrected chi connectivity index (χ0v) is 25.0. The highest BCUT2D eigenvalue weighted by Crippen LogP contribution is 2.46. The first-order chi connectivity index (χ1) is 20.3. The van der Waals surface area contributed by atoms with E-state index in [1.165, 1.54) is 11.3 Å². The molecule has 3 aromatic rings. The number of fused-ring (bicyclic) bond motifs is 3. The summed E-state index contributed by atoms with van der Waals surface area (Å²) in [6.07, 6.45) is 12.8. The van der Waals surface area contributed by atoms with E-state index in [0.29, 0.717) is 35.6 Å². The number of nitrogens with one attached hydrogen (secondary N) is 1. The summed E-state index contributed by atoms with van der Waals surface area (Å²) >= 11 is 1.53. The zero-order valence-electron chi connectivity index (χ0n) is 24.2. The van der Waals surface area contributed by atoms with Crippen molar-refractivity contribution < 1.29 is 14.4 Å². The molecule has 216 valence electrons. The first kappa shape index (κ1) is 27.9. The molecule has 1 unspecified atom stereocenters. The fourth-order valence-corrected chi connectivity index (χ4v) is 7.61. The van der Waals surface area contributed by atoms with Crippen LogP contribution in [0.5, 0.6) is 0 Å². The highest BCUT2D eigenvalue weighted by atomic mass is 32.1. The van der Waals surface area contributed by atoms with Gasteiger partial charge in [0, 0.05) is 62.0 Å². The maximum absolute atomic E-state index is 14.0. The van der Waals surface area contributed by atoms with Crippen molar-refractivity contribution in [2.24, 2.45) is 0 Å². The number of rotatable bonds is 5. The number of benzene rings is 1. The number of aromatic nitrogens is 1. The van der Waals surface area contributed by atoms with Gasteiger partial charge >= 0.3 is 0 Å². The third-order valence-electron chi connectivity index (χ3n) is 8.48. The second kappa shape index (κ2) is 11.2. The second-order valence-electron chi connectivity index (χ2n) is 11.5. The van der Waals surface area contributed by atoms with Crippen molar-refractivity contribution in [2.75, 3.05) is 43.9 Å². The Hall–Kier alpha value is -4.24. The van der Waals surface area contributed by atoms with Crippen molar-refractivity contribution in [1.29, 1.82) is 0 Å². The van der Waals surface area contributed by atoms with Crippen molar-refractivity contribution in [1.82, 2.24) is 14.8 Å². The van der Waals surface area contributed by atoms with Crippen LogP contribution in [0.2, 0.25) is 0 Å². The van der Waals surface area contributed by atoms with Gasteiger partial charge in [-0.2, -0.15) is 0 Å². The quantitative estimate of drug-likeness (QED) is 0.438. The number of hydrogen-bond acceptors (Lipinski definition) is 6. The number of carbonyl (C=O) groups excluding carboxylic acids is 3. The van der Waals surface area contributed by atoms with E-state index < -0.39 is 5.54 Å². The summed E-state index contributed by atoms with van der Waals surface area (Å²) in [6.45, 7) is 4.43. The number of amides is 3. The summed E-state index contributed by atoms with van der Waals surface area (Å²) in [6, 6.07) is 12.7. The van der Waals surface area contributed by atoms with Gasteiger partial charge in [0.25, 0.3) is 17.7 Å². The fraction of sp³-hybridized carbons (Fsp3) is 0.333. The Morgan fingerprint density at radius 1 is 1.05 bits per heavy atom. The molecule has 4 heterocycles. The van der Waals surface area contributed by atoms with Crippen LogP contribution in [0.15, 0.2) is 73.0 Å². The molecule has 42 heavy (non-hydrogen) atoms. The monoisotopic (exact) mass is 581 g/mol. The highest BCUT2D eigenvalue weighted by molar-refractivity contribution is 7.14. The van der Waals surface area contributed by atoms with Crippen molar-refractivity contribution in [3.05, 3.63) is 99.4 Å². The van der Waals surface area contributed by atoms with E-state index in [0.717, 1.165) is 41.2 Å². The Balaban J connectivity index is 1.21. The minimum absolute atomic E-state index is 0.000942. The molecule has 1 aromatic carbocycles. The minimum atomic E-state index is -0.584. The van der Waals surface area contributed by atoms with E-state index in [4.69, 9.17) is 0 Å². The first-order valence-corrected chi connectivity index (χ1v) is 15.2. The van der Waals surface area contributed by atoms with Crippen molar-refractivity contribution in [3.63, 3.8) is 0 Å². The van der Waals surface area contributed by atoms with Gasteiger partial charge in [-0.1, -0.05) is 24.3 Å². The third-order valence-corrected chi connectivity index (χ3v) is 9.73. The molecule has 0 bridgehead atoms. The maximum Gasteiger partial charge on any atom is 0.263 e. The van der Waals surface area contributed by atoms with Crippen molar-refractivity contribution in [3.8, 4) is 0 Å². The first-order valence-electron chi connectivity index (χ1n) is 14.4. The molecule has 2 aliphatic heterocycles. The molecule has 1 saturated heterocycles. The summed E-state index contributed by atoms with van der Waals surface area (Å²) in [5, 5.41) is 2.98. The maximum atomic E-state index is 14.0. The molecule has 0 saturated carbocycles. The average Bonchev–Trinajstić information content (AvgIpc) is 3.66. The van der Waals surface area contributed by atoms with E-state index in [9.17, 15) is 14.4 Å². The highest BCUT2D eigenvalue weighted by Gasteiger charge is 2.44. The van der Waals surface area contributed by atoms with Crippen LogP contribution in [0.1, 0.15) is 66.5 Å². The predicted octanol–water partition coefficient (Wildman–Crippen LogP) is 5.36. The lowest BCUT2D eigenvalue weighted by molar-refractivity contribution is 0.0589. The van der Waals surface area contributed by atoms with Crippen LogP contribution in [0.25, 0.3) is 0 Å². The molecule has 1 aliphatic carbocycles. The molecule has 6 rings (SSSR count). The molecule has 8 nitrogen and oxygen atoms in total. The van der Waals surface area contributed by atoms with Crippen LogP contribution in [0.3, 0.4) is 0 Å². The van der Waals surface area contributed by atoms with Gasteiger partial charge in [0.2, 0.25) is 0 Å². The standard InChI is InChI=1S/C33H35N5O3S/c1-33-16-5-4-10-26(33)28-23(21-27(42-28)32(41)36(2)3)15-20-38(33)31(40)22-11-13-24(14-12-22)35-30(39)25-9-8-17-34-29(25)37-18-6-7-19-37/h4-5,8-14,16-17,21,26H,6-7,15,18-20H2,1-3H3,(H,35,39)/t26?,33-/m0/s1. The molecule has 3 aliphatic rings. The van der Waals surface area contributed by atoms with Crippen LogP contribution < -0.4 is 10.2 Å². The molecule has 0 radical (unpaired) electrons. The van der Waals surface area contributed by atoms with Gasteiger partial charge in [-0.25, -0.2) is 4.98 Å². The van der Waals surface area contributed by atoms with E-state index in [-0.39, 0.29) is 23.6 Å². The Morgan fingerprint density at radius 3 is 2.55 bits per heavy atom. The lowest BCUT2D eigenvalue weighted by Gasteiger charge is -2.43. The molecule has 2 aromatic heterocycles. The number of hydrogen-bond donors (Lipinski definition) is 1. The largest absolute Gasteiger partial charge is 0.356 e. The van der Waals surface area contributed by atoms with Crippen LogP contribution in [0.4, 0.5) is 11.5 Å². The van der Waals surface area contributed by atoms with Gasteiger partial charge < -0.3 is 20.0 Å². The Morgan fingerprint density at radius 2 is 1.81 bits per heavy atom. The third kappa shape index (κ3) is 5.02. The van der Waals surface area contributed by atoms with Gasteiger partial charge in [-0.15, -0.1) is 11.3 Å². The fourth-order valence-electron chi connectivity index (χ4n) is 6.16. The SMILES string of the molecule is CN(C)C(=O)c1cc2c(s1)C1C=CC=C[C@]1(C)N(C(=O)c1ccc(NC(=O)c3cccnc3N3CCCC3)cc1)CC2. The van der Waals surface area contributed by atoms with Gasteiger partial charge in [0.05, 0.1) is 16.0 Å². The molecule has 1 fully saturated rings. The van der Waals surface area contributed by atoms with Crippen LogP contribution >= 0.6 is 11.3 Å². The summed E-state index contributed by atoms with van der Waals surface area (Å²) < 4.78 is 0. The average molecular weight is 582 g/mol. The number of thiophene rings is 1. The molecule has 9 heteroatoms. The van der Waals surface area contributed by atoms with Crippen molar-refractivity contribution in [2.45, 2.75) is 37.6 Å².